The Hall–Kier alpha value is -2.50. The molecule has 1 heterocycles. The monoisotopic (exact) mass is 425 g/mol. The van der Waals surface area contributed by atoms with Gasteiger partial charge in [0.2, 0.25) is 5.91 Å². The predicted octanol–water partition coefficient (Wildman–Crippen LogP) is 5.44. The van der Waals surface area contributed by atoms with E-state index >= 15 is 0 Å². The lowest BCUT2D eigenvalue weighted by molar-refractivity contribution is -0.118. The topological polar surface area (TPSA) is 46.4 Å². The minimum atomic E-state index is -0.134. The standard InChI is InChI=1S/C23H24ClN3OS/c1-16-8-10-21(11-9-16)27-17(2)12-20(18(27)3)13-25-26-23(28)15-29-14-19-6-4-5-7-22(19)24/h4-13H,14-15H2,1-3H3,(H,26,28)/b25-13-. The highest BCUT2D eigenvalue weighted by atomic mass is 35.5. The molecule has 150 valence electrons. The summed E-state index contributed by atoms with van der Waals surface area (Å²) in [6, 6.07) is 18.1. The van der Waals surface area contributed by atoms with Crippen molar-refractivity contribution in [2.45, 2.75) is 26.5 Å². The number of hydrogen-bond donors (Lipinski definition) is 1. The van der Waals surface area contributed by atoms with E-state index in [0.717, 1.165) is 33.2 Å². The van der Waals surface area contributed by atoms with Crippen molar-refractivity contribution in [2.24, 2.45) is 5.10 Å². The molecule has 0 aliphatic heterocycles. The first-order chi connectivity index (χ1) is 14.0. The third-order valence-electron chi connectivity index (χ3n) is 4.60. The van der Waals surface area contributed by atoms with Gasteiger partial charge in [0.15, 0.2) is 0 Å². The first-order valence-corrected chi connectivity index (χ1v) is 10.9. The van der Waals surface area contributed by atoms with Gasteiger partial charge in [-0.3, -0.25) is 4.79 Å². The number of rotatable bonds is 7. The molecule has 3 rings (SSSR count). The molecule has 2 aromatic carbocycles. The molecule has 0 spiro atoms. The van der Waals surface area contributed by atoms with Crippen molar-refractivity contribution >= 4 is 35.5 Å². The number of aromatic nitrogens is 1. The Kier molecular flexibility index (Phi) is 7.18. The van der Waals surface area contributed by atoms with Gasteiger partial charge >= 0.3 is 0 Å². The molecule has 4 nitrogen and oxygen atoms in total. The Morgan fingerprint density at radius 3 is 2.59 bits per heavy atom. The van der Waals surface area contributed by atoms with Crippen molar-refractivity contribution < 1.29 is 4.79 Å². The number of carbonyl (C=O) groups is 1. The lowest BCUT2D eigenvalue weighted by atomic mass is 10.2. The van der Waals surface area contributed by atoms with Gasteiger partial charge in [0, 0.05) is 33.4 Å². The fourth-order valence-corrected chi connectivity index (χ4v) is 4.19. The third kappa shape index (κ3) is 5.52. The van der Waals surface area contributed by atoms with Crippen LogP contribution >= 0.6 is 23.4 Å². The van der Waals surface area contributed by atoms with Crippen molar-refractivity contribution in [3.63, 3.8) is 0 Å². The highest BCUT2D eigenvalue weighted by Gasteiger charge is 2.09. The van der Waals surface area contributed by atoms with Crippen molar-refractivity contribution in [1.29, 1.82) is 0 Å². The van der Waals surface area contributed by atoms with Crippen LogP contribution in [0.25, 0.3) is 5.69 Å². The maximum atomic E-state index is 12.0. The Bertz CT molecular complexity index is 1030. The van der Waals surface area contributed by atoms with Gasteiger partial charge in [-0.1, -0.05) is 47.5 Å². The van der Waals surface area contributed by atoms with Gasteiger partial charge in [0.25, 0.3) is 0 Å². The summed E-state index contributed by atoms with van der Waals surface area (Å²) in [6.07, 6.45) is 1.70. The molecule has 0 radical (unpaired) electrons. The second-order valence-electron chi connectivity index (χ2n) is 6.87. The summed E-state index contributed by atoms with van der Waals surface area (Å²) in [5.41, 5.74) is 9.15. The fraction of sp³-hybridized carbons (Fsp3) is 0.217. The number of hydrazone groups is 1. The van der Waals surface area contributed by atoms with Crippen LogP contribution in [0.4, 0.5) is 0 Å². The normalized spacial score (nSPS) is 11.2. The molecule has 0 saturated heterocycles. The van der Waals surface area contributed by atoms with Crippen LogP contribution in [-0.2, 0) is 10.5 Å². The van der Waals surface area contributed by atoms with Crippen LogP contribution < -0.4 is 5.43 Å². The molecule has 1 amide bonds. The van der Waals surface area contributed by atoms with E-state index in [1.165, 1.54) is 17.3 Å². The number of nitrogens with zero attached hydrogens (tertiary/aromatic N) is 2. The summed E-state index contributed by atoms with van der Waals surface area (Å²) < 4.78 is 2.18. The summed E-state index contributed by atoms with van der Waals surface area (Å²) in [5, 5.41) is 4.85. The molecule has 0 aliphatic carbocycles. The number of aryl methyl sites for hydroxylation is 2. The van der Waals surface area contributed by atoms with Crippen LogP contribution in [0.2, 0.25) is 5.02 Å². The molecular weight excluding hydrogens is 402 g/mol. The molecule has 3 aromatic rings. The minimum Gasteiger partial charge on any atom is -0.318 e. The molecule has 1 N–H and O–H groups in total. The Morgan fingerprint density at radius 1 is 1.14 bits per heavy atom. The lowest BCUT2D eigenvalue weighted by Gasteiger charge is -2.09. The van der Waals surface area contributed by atoms with Crippen LogP contribution in [-0.4, -0.2) is 22.4 Å². The molecule has 0 aliphatic rings. The first-order valence-electron chi connectivity index (χ1n) is 9.34. The van der Waals surface area contributed by atoms with E-state index in [4.69, 9.17) is 11.6 Å². The smallest absolute Gasteiger partial charge is 0.250 e. The van der Waals surface area contributed by atoms with E-state index < -0.39 is 0 Å². The van der Waals surface area contributed by atoms with E-state index in [-0.39, 0.29) is 5.91 Å². The van der Waals surface area contributed by atoms with Gasteiger partial charge in [-0.15, -0.1) is 11.8 Å². The van der Waals surface area contributed by atoms with Crippen LogP contribution in [0.15, 0.2) is 59.7 Å². The summed E-state index contributed by atoms with van der Waals surface area (Å²) in [4.78, 5) is 12.0. The average Bonchev–Trinajstić information content (AvgIpc) is 2.98. The second kappa shape index (κ2) is 9.81. The number of amides is 1. The van der Waals surface area contributed by atoms with E-state index in [0.29, 0.717) is 11.5 Å². The predicted molar refractivity (Wildman–Crippen MR) is 123 cm³/mol. The molecule has 6 heteroatoms. The molecule has 0 bridgehead atoms. The summed E-state index contributed by atoms with van der Waals surface area (Å²) in [6.45, 7) is 6.19. The molecule has 0 unspecified atom stereocenters. The minimum absolute atomic E-state index is 0.134. The van der Waals surface area contributed by atoms with Crippen LogP contribution in [0.5, 0.6) is 0 Å². The average molecular weight is 426 g/mol. The number of carbonyl (C=O) groups excluding carboxylic acids is 1. The highest BCUT2D eigenvalue weighted by molar-refractivity contribution is 7.99. The first kappa shape index (κ1) is 21.2. The Balaban J connectivity index is 1.56. The van der Waals surface area contributed by atoms with Crippen LogP contribution in [0, 0.1) is 20.8 Å². The van der Waals surface area contributed by atoms with Gasteiger partial charge in [-0.25, -0.2) is 5.43 Å². The van der Waals surface area contributed by atoms with E-state index in [9.17, 15) is 4.79 Å². The number of halogens is 1. The quantitative estimate of drug-likeness (QED) is 0.404. The number of nitrogens with one attached hydrogen (secondary N) is 1. The maximum Gasteiger partial charge on any atom is 0.250 e. The van der Waals surface area contributed by atoms with Crippen LogP contribution in [0.1, 0.15) is 28.1 Å². The SMILES string of the molecule is Cc1ccc(-n2c(C)cc(/C=N\NC(=O)CSCc3ccccc3Cl)c2C)cc1. The summed E-state index contributed by atoms with van der Waals surface area (Å²) in [7, 11) is 0. The van der Waals surface area contributed by atoms with Crippen molar-refractivity contribution in [2.75, 3.05) is 5.75 Å². The van der Waals surface area contributed by atoms with Gasteiger partial charge in [0.05, 0.1) is 12.0 Å². The Morgan fingerprint density at radius 2 is 1.86 bits per heavy atom. The molecule has 0 fully saturated rings. The van der Waals surface area contributed by atoms with Gasteiger partial charge < -0.3 is 4.57 Å². The Labute approximate surface area is 181 Å². The number of benzene rings is 2. The zero-order valence-electron chi connectivity index (χ0n) is 16.8. The van der Waals surface area contributed by atoms with E-state index in [1.807, 2.05) is 24.3 Å². The molecule has 0 saturated carbocycles. The third-order valence-corrected chi connectivity index (χ3v) is 5.95. The molecule has 1 aromatic heterocycles. The van der Waals surface area contributed by atoms with Crippen molar-refractivity contribution in [3.8, 4) is 5.69 Å². The molecule has 0 atom stereocenters. The maximum absolute atomic E-state index is 12.0. The number of thioether (sulfide) groups is 1. The zero-order chi connectivity index (χ0) is 20.8. The largest absolute Gasteiger partial charge is 0.318 e. The summed E-state index contributed by atoms with van der Waals surface area (Å²) >= 11 is 7.64. The van der Waals surface area contributed by atoms with Gasteiger partial charge in [-0.2, -0.15) is 5.10 Å². The van der Waals surface area contributed by atoms with Crippen molar-refractivity contribution in [3.05, 3.63) is 87.7 Å². The number of hydrogen-bond acceptors (Lipinski definition) is 3. The van der Waals surface area contributed by atoms with Crippen molar-refractivity contribution in [1.82, 2.24) is 9.99 Å². The lowest BCUT2D eigenvalue weighted by Crippen LogP contribution is -2.19. The van der Waals surface area contributed by atoms with Gasteiger partial charge in [0.1, 0.15) is 0 Å². The molecular formula is C23H24ClN3OS. The summed E-state index contributed by atoms with van der Waals surface area (Å²) in [5.74, 6) is 0.880. The van der Waals surface area contributed by atoms with E-state index in [1.54, 1.807) is 6.21 Å². The molecule has 29 heavy (non-hydrogen) atoms. The second-order valence-corrected chi connectivity index (χ2v) is 8.27. The van der Waals surface area contributed by atoms with E-state index in [2.05, 4.69) is 66.2 Å². The highest BCUT2D eigenvalue weighted by Crippen LogP contribution is 2.21. The van der Waals surface area contributed by atoms with Crippen LogP contribution in [0.3, 0.4) is 0 Å². The fourth-order valence-electron chi connectivity index (χ4n) is 3.08. The van der Waals surface area contributed by atoms with Gasteiger partial charge in [-0.05, 0) is 50.6 Å². The zero-order valence-corrected chi connectivity index (χ0v) is 18.3.